The van der Waals surface area contributed by atoms with Gasteiger partial charge in [0.05, 0.1) is 28.0 Å². The predicted molar refractivity (Wildman–Crippen MR) is 151 cm³/mol. The summed E-state index contributed by atoms with van der Waals surface area (Å²) >= 11 is 1.18. The van der Waals surface area contributed by atoms with Gasteiger partial charge in [0.2, 0.25) is 5.91 Å². The molecule has 0 saturated carbocycles. The van der Waals surface area contributed by atoms with Crippen LogP contribution in [0.5, 0.6) is 0 Å². The van der Waals surface area contributed by atoms with Crippen molar-refractivity contribution in [3.63, 3.8) is 0 Å². The first kappa shape index (κ1) is 25.3. The summed E-state index contributed by atoms with van der Waals surface area (Å²) < 4.78 is 4.86. The fraction of sp³-hybridized carbons (Fsp3) is 0.172. The summed E-state index contributed by atoms with van der Waals surface area (Å²) in [5.41, 5.74) is 2.82. The third-order valence-electron chi connectivity index (χ3n) is 6.44. The van der Waals surface area contributed by atoms with Crippen LogP contribution in [-0.2, 0) is 24.8 Å². The normalized spacial score (nSPS) is 11.1. The van der Waals surface area contributed by atoms with Gasteiger partial charge in [0, 0.05) is 13.6 Å². The van der Waals surface area contributed by atoms with Gasteiger partial charge < -0.3 is 5.32 Å². The zero-order chi connectivity index (χ0) is 26.6. The van der Waals surface area contributed by atoms with Crippen LogP contribution in [0.3, 0.4) is 0 Å². The van der Waals surface area contributed by atoms with E-state index < -0.39 is 0 Å². The van der Waals surface area contributed by atoms with Crippen molar-refractivity contribution in [2.24, 2.45) is 7.05 Å². The third kappa shape index (κ3) is 5.05. The molecule has 9 heteroatoms. The fourth-order valence-electron chi connectivity index (χ4n) is 4.36. The lowest BCUT2D eigenvalue weighted by atomic mass is 10.1. The first-order chi connectivity index (χ1) is 18.4. The number of aryl methyl sites for hydroxylation is 1. The summed E-state index contributed by atoms with van der Waals surface area (Å²) in [6.45, 7) is 2.22. The number of anilines is 1. The highest BCUT2D eigenvalue weighted by molar-refractivity contribution is 7.99. The quantitative estimate of drug-likeness (QED) is 0.243. The van der Waals surface area contributed by atoms with Crippen molar-refractivity contribution in [3.8, 4) is 5.69 Å². The van der Waals surface area contributed by atoms with Crippen LogP contribution in [0.4, 0.5) is 5.69 Å². The summed E-state index contributed by atoms with van der Waals surface area (Å²) in [7, 11) is 1.78. The molecule has 0 atom stereocenters. The van der Waals surface area contributed by atoms with Crippen LogP contribution in [0.2, 0.25) is 0 Å². The van der Waals surface area contributed by atoms with Crippen LogP contribution in [-0.4, -0.2) is 30.6 Å². The lowest BCUT2D eigenvalue weighted by Crippen LogP contribution is -2.26. The van der Waals surface area contributed by atoms with Crippen molar-refractivity contribution < 1.29 is 4.79 Å². The summed E-state index contributed by atoms with van der Waals surface area (Å²) in [4.78, 5) is 44.2. The van der Waals surface area contributed by atoms with Crippen LogP contribution in [0.15, 0.2) is 99.7 Å². The molecule has 0 saturated heterocycles. The second kappa shape index (κ2) is 10.9. The van der Waals surface area contributed by atoms with Crippen molar-refractivity contribution in [3.05, 3.63) is 117 Å². The average Bonchev–Trinajstić information content (AvgIpc) is 3.15. The third-order valence-corrected chi connectivity index (χ3v) is 7.42. The van der Waals surface area contributed by atoms with Gasteiger partial charge in [-0.25, -0.2) is 9.67 Å². The Morgan fingerprint density at radius 3 is 2.29 bits per heavy atom. The molecule has 38 heavy (non-hydrogen) atoms. The summed E-state index contributed by atoms with van der Waals surface area (Å²) in [5.74, 6) is -0.354. The number of amides is 1. The molecule has 5 aromatic rings. The fourth-order valence-corrected chi connectivity index (χ4v) is 5.18. The zero-order valence-corrected chi connectivity index (χ0v) is 21.9. The van der Waals surface area contributed by atoms with Crippen LogP contribution >= 0.6 is 11.8 Å². The van der Waals surface area contributed by atoms with Crippen LogP contribution in [0, 0.1) is 6.92 Å². The minimum Gasteiger partial charge on any atom is -0.319 e. The molecular formula is C29H27N5O3S. The number of thioether (sulfide) groups is 1. The molecule has 0 unspecified atom stereocenters. The molecule has 3 aromatic carbocycles. The minimum absolute atomic E-state index is 0.00473. The van der Waals surface area contributed by atoms with Gasteiger partial charge in [-0.15, -0.1) is 0 Å². The Balaban J connectivity index is 1.38. The van der Waals surface area contributed by atoms with Crippen LogP contribution < -0.4 is 16.4 Å². The number of para-hydroxylation sites is 2. The van der Waals surface area contributed by atoms with E-state index in [1.54, 1.807) is 35.4 Å². The lowest BCUT2D eigenvalue weighted by molar-refractivity contribution is -0.113. The van der Waals surface area contributed by atoms with E-state index in [2.05, 4.69) is 5.32 Å². The molecular weight excluding hydrogens is 498 g/mol. The van der Waals surface area contributed by atoms with Gasteiger partial charge in [-0.05, 0) is 43.2 Å². The van der Waals surface area contributed by atoms with E-state index in [1.807, 2.05) is 72.8 Å². The summed E-state index contributed by atoms with van der Waals surface area (Å²) in [6, 6.07) is 26.4. The maximum absolute atomic E-state index is 13.3. The Morgan fingerprint density at radius 2 is 1.55 bits per heavy atom. The molecule has 2 heterocycles. The van der Waals surface area contributed by atoms with Gasteiger partial charge in [0.25, 0.3) is 11.1 Å². The molecule has 1 amide bonds. The lowest BCUT2D eigenvalue weighted by Gasteiger charge is -2.13. The minimum atomic E-state index is -0.349. The summed E-state index contributed by atoms with van der Waals surface area (Å²) in [5, 5.41) is 3.78. The van der Waals surface area contributed by atoms with Crippen molar-refractivity contribution in [1.29, 1.82) is 0 Å². The average molecular weight is 526 g/mol. The number of benzene rings is 3. The first-order valence-corrected chi connectivity index (χ1v) is 13.2. The van der Waals surface area contributed by atoms with E-state index in [9.17, 15) is 14.4 Å². The molecule has 0 aliphatic heterocycles. The van der Waals surface area contributed by atoms with Gasteiger partial charge in [0.15, 0.2) is 5.16 Å². The van der Waals surface area contributed by atoms with Gasteiger partial charge in [0.1, 0.15) is 5.69 Å². The maximum Gasteiger partial charge on any atom is 0.295 e. The van der Waals surface area contributed by atoms with Crippen molar-refractivity contribution in [2.45, 2.75) is 25.0 Å². The highest BCUT2D eigenvalue weighted by atomic mass is 32.2. The van der Waals surface area contributed by atoms with Gasteiger partial charge >= 0.3 is 0 Å². The Bertz CT molecular complexity index is 1720. The predicted octanol–water partition coefficient (Wildman–Crippen LogP) is 4.17. The molecule has 5 rings (SSSR count). The number of carbonyl (C=O) groups excluding carboxylic acids is 1. The molecule has 0 fully saturated rings. The standard InChI is InChI=1S/C29H27N5O3S/c1-20-26(28(37)34(32(20)2)22-13-7-4-8-14-22)31-25(35)19-38-29-30-24-16-10-9-15-23(24)27(36)33(29)18-17-21-11-5-3-6-12-21/h3-16H,17-19H2,1-2H3,(H,31,35). The number of hydrogen-bond acceptors (Lipinski definition) is 5. The highest BCUT2D eigenvalue weighted by Gasteiger charge is 2.19. The molecule has 8 nitrogen and oxygen atoms in total. The molecule has 192 valence electrons. The van der Waals surface area contributed by atoms with Crippen molar-refractivity contribution in [1.82, 2.24) is 18.9 Å². The van der Waals surface area contributed by atoms with E-state index in [1.165, 1.54) is 16.4 Å². The number of fused-ring (bicyclic) bond motifs is 1. The number of hydrogen-bond donors (Lipinski definition) is 1. The largest absolute Gasteiger partial charge is 0.319 e. The number of nitrogens with one attached hydrogen (secondary N) is 1. The molecule has 1 N–H and O–H groups in total. The molecule has 0 radical (unpaired) electrons. The van der Waals surface area contributed by atoms with Crippen molar-refractivity contribution in [2.75, 3.05) is 11.1 Å². The Hall–Kier alpha value is -4.37. The molecule has 0 aliphatic rings. The zero-order valence-electron chi connectivity index (χ0n) is 21.1. The maximum atomic E-state index is 13.3. The smallest absolute Gasteiger partial charge is 0.295 e. The van der Waals surface area contributed by atoms with Gasteiger partial charge in [-0.3, -0.25) is 23.6 Å². The molecule has 0 spiro atoms. The summed E-state index contributed by atoms with van der Waals surface area (Å²) in [6.07, 6.45) is 0.656. The topological polar surface area (TPSA) is 90.9 Å². The second-order valence-electron chi connectivity index (χ2n) is 8.88. The highest BCUT2D eigenvalue weighted by Crippen LogP contribution is 2.20. The van der Waals surface area contributed by atoms with Crippen molar-refractivity contribution >= 4 is 34.3 Å². The van der Waals surface area contributed by atoms with E-state index in [-0.39, 0.29) is 28.5 Å². The van der Waals surface area contributed by atoms with Crippen LogP contribution in [0.25, 0.3) is 16.6 Å². The van der Waals surface area contributed by atoms with Gasteiger partial charge in [-0.2, -0.15) is 0 Å². The number of carbonyl (C=O) groups is 1. The Morgan fingerprint density at radius 1 is 0.895 bits per heavy atom. The number of aromatic nitrogens is 4. The van der Waals surface area contributed by atoms with Gasteiger partial charge in [-0.1, -0.05) is 72.4 Å². The molecule has 0 bridgehead atoms. The Kier molecular flexibility index (Phi) is 7.28. The van der Waals surface area contributed by atoms with E-state index in [0.717, 1.165) is 5.56 Å². The molecule has 0 aliphatic carbocycles. The van der Waals surface area contributed by atoms with Crippen LogP contribution in [0.1, 0.15) is 11.3 Å². The monoisotopic (exact) mass is 525 g/mol. The number of rotatable bonds is 8. The second-order valence-corrected chi connectivity index (χ2v) is 9.82. The van der Waals surface area contributed by atoms with E-state index in [0.29, 0.717) is 40.4 Å². The Labute approximate surface area is 223 Å². The van der Waals surface area contributed by atoms with E-state index >= 15 is 0 Å². The molecule has 2 aromatic heterocycles. The first-order valence-electron chi connectivity index (χ1n) is 12.2. The van der Waals surface area contributed by atoms with E-state index in [4.69, 9.17) is 4.98 Å². The number of nitrogens with zero attached hydrogens (tertiary/aromatic N) is 4. The SMILES string of the molecule is Cc1c(NC(=O)CSc2nc3ccccc3c(=O)n2CCc2ccccc2)c(=O)n(-c2ccccc2)n1C.